The average molecular weight is 460 g/mol. The SMILES string of the molecule is CCc1cc([C@@]2(C)CCN(CC3CN(C(=O)Cc4ccncc4)C3)[C@@H](F)C2)c(CCO)s1. The summed E-state index contributed by atoms with van der Waals surface area (Å²) in [4.78, 5) is 22.8. The van der Waals surface area contributed by atoms with Crippen LogP contribution in [-0.2, 0) is 29.5 Å². The molecule has 0 unspecified atom stereocenters. The summed E-state index contributed by atoms with van der Waals surface area (Å²) in [6.07, 6.45) is 5.88. The normalized spacial score (nSPS) is 24.5. The number of likely N-dealkylation sites (tertiary alicyclic amines) is 2. The summed E-state index contributed by atoms with van der Waals surface area (Å²) in [7, 11) is 0. The second-order valence-electron chi connectivity index (χ2n) is 9.52. The Morgan fingerprint density at radius 2 is 2.09 bits per heavy atom. The van der Waals surface area contributed by atoms with Crippen molar-refractivity contribution in [1.29, 1.82) is 0 Å². The highest BCUT2D eigenvalue weighted by Gasteiger charge is 2.41. The number of carbonyl (C=O) groups is 1. The van der Waals surface area contributed by atoms with Crippen LogP contribution in [0.4, 0.5) is 4.39 Å². The minimum atomic E-state index is -0.970. The van der Waals surface area contributed by atoms with Gasteiger partial charge in [0.05, 0.1) is 6.42 Å². The predicted molar refractivity (Wildman–Crippen MR) is 126 cm³/mol. The number of aliphatic hydroxyl groups is 1. The molecule has 174 valence electrons. The van der Waals surface area contributed by atoms with Gasteiger partial charge >= 0.3 is 0 Å². The molecule has 4 heterocycles. The maximum atomic E-state index is 15.3. The number of carbonyl (C=O) groups excluding carboxylic acids is 1. The maximum Gasteiger partial charge on any atom is 0.227 e. The number of nitrogens with zero attached hydrogens (tertiary/aromatic N) is 3. The minimum absolute atomic E-state index is 0.135. The number of hydrogen-bond acceptors (Lipinski definition) is 5. The third-order valence-electron chi connectivity index (χ3n) is 7.07. The average Bonchev–Trinajstić information content (AvgIpc) is 3.17. The number of amides is 1. The second kappa shape index (κ2) is 9.98. The molecule has 2 fully saturated rings. The van der Waals surface area contributed by atoms with Crippen LogP contribution in [-0.4, -0.2) is 64.9 Å². The molecular weight excluding hydrogens is 425 g/mol. The minimum Gasteiger partial charge on any atom is -0.396 e. The predicted octanol–water partition coefficient (Wildman–Crippen LogP) is 3.59. The molecule has 2 aromatic rings. The lowest BCUT2D eigenvalue weighted by molar-refractivity contribution is -0.138. The van der Waals surface area contributed by atoms with Crippen LogP contribution >= 0.6 is 11.3 Å². The molecule has 0 aliphatic carbocycles. The van der Waals surface area contributed by atoms with E-state index in [2.05, 4.69) is 24.9 Å². The van der Waals surface area contributed by atoms with Gasteiger partial charge in [0.15, 0.2) is 6.30 Å². The Kier molecular flexibility index (Phi) is 7.27. The molecule has 0 bridgehead atoms. The smallest absolute Gasteiger partial charge is 0.227 e. The highest BCUT2D eigenvalue weighted by molar-refractivity contribution is 7.12. The molecule has 2 aliphatic rings. The number of piperidine rings is 1. The van der Waals surface area contributed by atoms with Crippen LogP contribution in [0.1, 0.15) is 47.6 Å². The topological polar surface area (TPSA) is 56.7 Å². The molecule has 32 heavy (non-hydrogen) atoms. The van der Waals surface area contributed by atoms with Crippen molar-refractivity contribution < 1.29 is 14.3 Å². The highest BCUT2D eigenvalue weighted by atomic mass is 32.1. The molecule has 1 N–H and O–H groups in total. The molecular formula is C25H34FN3O2S. The van der Waals surface area contributed by atoms with E-state index < -0.39 is 6.30 Å². The summed E-state index contributed by atoms with van der Waals surface area (Å²) in [6, 6.07) is 5.99. The summed E-state index contributed by atoms with van der Waals surface area (Å²) < 4.78 is 15.3. The second-order valence-corrected chi connectivity index (χ2v) is 10.7. The van der Waals surface area contributed by atoms with Gasteiger partial charge in [0, 0.05) is 73.7 Å². The monoisotopic (exact) mass is 459 g/mol. The first kappa shape index (κ1) is 23.3. The van der Waals surface area contributed by atoms with Gasteiger partial charge in [-0.1, -0.05) is 13.8 Å². The van der Waals surface area contributed by atoms with E-state index in [1.54, 1.807) is 23.7 Å². The number of halogens is 1. The number of aromatic nitrogens is 1. The van der Waals surface area contributed by atoms with Gasteiger partial charge in [-0.2, -0.15) is 0 Å². The zero-order valence-corrected chi connectivity index (χ0v) is 19.9. The Morgan fingerprint density at radius 3 is 2.75 bits per heavy atom. The lowest BCUT2D eigenvalue weighted by Crippen LogP contribution is -2.56. The van der Waals surface area contributed by atoms with E-state index in [4.69, 9.17) is 0 Å². The molecule has 0 aromatic carbocycles. The Bertz CT molecular complexity index is 915. The first-order valence-electron chi connectivity index (χ1n) is 11.7. The summed E-state index contributed by atoms with van der Waals surface area (Å²) in [5, 5.41) is 9.47. The van der Waals surface area contributed by atoms with Crippen molar-refractivity contribution in [3.05, 3.63) is 51.5 Å². The summed E-state index contributed by atoms with van der Waals surface area (Å²) in [5.74, 6) is 0.479. The lowest BCUT2D eigenvalue weighted by Gasteiger charge is -2.46. The maximum absolute atomic E-state index is 15.3. The third-order valence-corrected chi connectivity index (χ3v) is 8.41. The largest absolute Gasteiger partial charge is 0.396 e. The van der Waals surface area contributed by atoms with Crippen molar-refractivity contribution in [3.8, 4) is 0 Å². The van der Waals surface area contributed by atoms with Gasteiger partial charge in [-0.3, -0.25) is 14.7 Å². The van der Waals surface area contributed by atoms with Crippen LogP contribution in [0, 0.1) is 5.92 Å². The molecule has 0 saturated carbocycles. The van der Waals surface area contributed by atoms with Crippen LogP contribution in [0.5, 0.6) is 0 Å². The third kappa shape index (κ3) is 5.05. The van der Waals surface area contributed by atoms with Gasteiger partial charge in [-0.15, -0.1) is 11.3 Å². The fourth-order valence-electron chi connectivity index (χ4n) is 5.05. The number of aliphatic hydroxyl groups excluding tert-OH is 1. The molecule has 2 atom stereocenters. The first-order valence-corrected chi connectivity index (χ1v) is 12.5. The van der Waals surface area contributed by atoms with Crippen LogP contribution in [0.25, 0.3) is 0 Å². The number of pyridine rings is 1. The van der Waals surface area contributed by atoms with E-state index in [1.165, 1.54) is 15.3 Å². The molecule has 2 aliphatic heterocycles. The van der Waals surface area contributed by atoms with E-state index >= 15 is 4.39 Å². The zero-order chi connectivity index (χ0) is 22.7. The lowest BCUT2D eigenvalue weighted by atomic mass is 9.73. The summed E-state index contributed by atoms with van der Waals surface area (Å²) in [6.45, 7) is 7.34. The van der Waals surface area contributed by atoms with Gasteiger partial charge < -0.3 is 10.0 Å². The van der Waals surface area contributed by atoms with Crippen molar-refractivity contribution in [2.24, 2.45) is 5.92 Å². The molecule has 5 nitrogen and oxygen atoms in total. The van der Waals surface area contributed by atoms with Crippen molar-refractivity contribution in [2.45, 2.75) is 57.7 Å². The van der Waals surface area contributed by atoms with Crippen LogP contribution in [0.15, 0.2) is 30.6 Å². The van der Waals surface area contributed by atoms with Crippen LogP contribution in [0.3, 0.4) is 0 Å². The van der Waals surface area contributed by atoms with E-state index in [1.807, 2.05) is 21.9 Å². The quantitative estimate of drug-likeness (QED) is 0.613. The Hall–Kier alpha value is -1.83. The van der Waals surface area contributed by atoms with Crippen molar-refractivity contribution in [3.63, 3.8) is 0 Å². The summed E-state index contributed by atoms with van der Waals surface area (Å²) >= 11 is 1.77. The van der Waals surface area contributed by atoms with Crippen LogP contribution < -0.4 is 0 Å². The van der Waals surface area contributed by atoms with Crippen molar-refractivity contribution in [2.75, 3.05) is 32.8 Å². The Balaban J connectivity index is 1.29. The molecule has 1 amide bonds. The number of rotatable bonds is 8. The highest BCUT2D eigenvalue weighted by Crippen LogP contribution is 2.43. The van der Waals surface area contributed by atoms with E-state index in [0.717, 1.165) is 38.0 Å². The van der Waals surface area contributed by atoms with Crippen molar-refractivity contribution in [1.82, 2.24) is 14.8 Å². The van der Waals surface area contributed by atoms with Gasteiger partial charge in [-0.25, -0.2) is 4.39 Å². The van der Waals surface area contributed by atoms with E-state index in [-0.39, 0.29) is 17.9 Å². The zero-order valence-electron chi connectivity index (χ0n) is 19.1. The van der Waals surface area contributed by atoms with Gasteiger partial charge in [0.25, 0.3) is 0 Å². The van der Waals surface area contributed by atoms with Gasteiger partial charge in [0.2, 0.25) is 5.91 Å². The molecule has 2 aromatic heterocycles. The fraction of sp³-hybridized carbons (Fsp3) is 0.600. The molecule has 0 spiro atoms. The van der Waals surface area contributed by atoms with Crippen molar-refractivity contribution >= 4 is 17.2 Å². The number of thiophene rings is 1. The molecule has 4 rings (SSSR count). The van der Waals surface area contributed by atoms with E-state index in [0.29, 0.717) is 31.7 Å². The van der Waals surface area contributed by atoms with Crippen LogP contribution in [0.2, 0.25) is 0 Å². The first-order chi connectivity index (χ1) is 15.4. The van der Waals surface area contributed by atoms with Gasteiger partial charge in [0.1, 0.15) is 0 Å². The molecule has 7 heteroatoms. The Labute approximate surface area is 194 Å². The molecule has 2 saturated heterocycles. The number of hydrogen-bond donors (Lipinski definition) is 1. The Morgan fingerprint density at radius 1 is 1.34 bits per heavy atom. The number of aryl methyl sites for hydroxylation is 1. The number of alkyl halides is 1. The molecule has 0 radical (unpaired) electrons. The fourth-order valence-corrected chi connectivity index (χ4v) is 6.29. The summed E-state index contributed by atoms with van der Waals surface area (Å²) in [5.41, 5.74) is 2.04. The van der Waals surface area contributed by atoms with Gasteiger partial charge in [-0.05, 0) is 47.6 Å². The van der Waals surface area contributed by atoms with E-state index in [9.17, 15) is 9.90 Å². The standard InChI is InChI=1S/C25H34FN3O2S/c1-3-20-13-21(22(32-20)6-11-30)25(2)7-10-28(23(26)14-25)15-19-16-29(17-19)24(31)12-18-4-8-27-9-5-18/h4-5,8-9,13,19,23,30H,3,6-7,10-12,14-17H2,1-2H3/t23-,25+/m1/s1.